The number of benzene rings is 1. The standard InChI is InChI=1S/C17H19N3O/c1-21-17-15-14(12-9-5-6-10-13(12)18-17)19-16(20-15)11-7-3-2-4-8-11/h5-6,9-11H,2-4,7-8H2,1H3,(H,19,20). The summed E-state index contributed by atoms with van der Waals surface area (Å²) in [6, 6.07) is 8.11. The van der Waals surface area contributed by atoms with Crippen LogP contribution >= 0.6 is 0 Å². The molecule has 0 radical (unpaired) electrons. The third-order valence-electron chi connectivity index (χ3n) is 4.50. The third kappa shape index (κ3) is 2.06. The molecule has 0 saturated heterocycles. The van der Waals surface area contributed by atoms with Gasteiger partial charge in [-0.2, -0.15) is 0 Å². The van der Waals surface area contributed by atoms with Crippen molar-refractivity contribution in [1.82, 2.24) is 15.0 Å². The van der Waals surface area contributed by atoms with Gasteiger partial charge in [0.1, 0.15) is 16.9 Å². The van der Waals surface area contributed by atoms with Crippen LogP contribution in [0.1, 0.15) is 43.8 Å². The molecule has 4 heteroatoms. The minimum atomic E-state index is 0.551. The molecule has 2 aromatic heterocycles. The lowest BCUT2D eigenvalue weighted by Gasteiger charge is -2.18. The number of nitrogens with one attached hydrogen (secondary N) is 1. The largest absolute Gasteiger partial charge is 0.479 e. The molecule has 4 nitrogen and oxygen atoms in total. The lowest BCUT2D eigenvalue weighted by atomic mass is 9.89. The summed E-state index contributed by atoms with van der Waals surface area (Å²) >= 11 is 0. The molecule has 0 spiro atoms. The third-order valence-corrected chi connectivity index (χ3v) is 4.50. The first-order valence-electron chi connectivity index (χ1n) is 7.69. The van der Waals surface area contributed by atoms with Crippen LogP contribution in [0.2, 0.25) is 0 Å². The van der Waals surface area contributed by atoms with Crippen LogP contribution in [-0.2, 0) is 0 Å². The molecule has 21 heavy (non-hydrogen) atoms. The second kappa shape index (κ2) is 5.02. The molecule has 1 aliphatic rings. The fraction of sp³-hybridized carbons (Fsp3) is 0.412. The van der Waals surface area contributed by atoms with Crippen LogP contribution in [0.15, 0.2) is 24.3 Å². The highest BCUT2D eigenvalue weighted by atomic mass is 16.5. The molecule has 0 atom stereocenters. The van der Waals surface area contributed by atoms with Gasteiger partial charge in [-0.15, -0.1) is 0 Å². The van der Waals surface area contributed by atoms with Gasteiger partial charge >= 0.3 is 0 Å². The van der Waals surface area contributed by atoms with Crippen molar-refractivity contribution in [2.24, 2.45) is 0 Å². The summed E-state index contributed by atoms with van der Waals surface area (Å²) < 4.78 is 5.45. The molecule has 1 N–H and O–H groups in total. The molecule has 1 aliphatic carbocycles. The van der Waals surface area contributed by atoms with Crippen molar-refractivity contribution in [2.75, 3.05) is 7.11 Å². The molecule has 0 unspecified atom stereocenters. The van der Waals surface area contributed by atoms with Gasteiger partial charge < -0.3 is 9.72 Å². The van der Waals surface area contributed by atoms with E-state index in [1.54, 1.807) is 7.11 Å². The maximum Gasteiger partial charge on any atom is 0.240 e. The smallest absolute Gasteiger partial charge is 0.240 e. The van der Waals surface area contributed by atoms with Crippen LogP contribution in [0.4, 0.5) is 0 Å². The van der Waals surface area contributed by atoms with Crippen molar-refractivity contribution < 1.29 is 4.74 Å². The second-order valence-corrected chi connectivity index (χ2v) is 5.82. The van der Waals surface area contributed by atoms with E-state index in [1.807, 2.05) is 18.2 Å². The predicted octanol–water partition coefficient (Wildman–Crippen LogP) is 4.17. The normalized spacial score (nSPS) is 16.6. The van der Waals surface area contributed by atoms with E-state index in [2.05, 4.69) is 16.0 Å². The number of hydrogen-bond donors (Lipinski definition) is 1. The summed E-state index contributed by atoms with van der Waals surface area (Å²) in [5, 5.41) is 1.09. The van der Waals surface area contributed by atoms with Gasteiger partial charge in [-0.1, -0.05) is 37.5 Å². The molecule has 4 rings (SSSR count). The van der Waals surface area contributed by atoms with Crippen molar-refractivity contribution in [2.45, 2.75) is 38.0 Å². The Kier molecular flexibility index (Phi) is 3.02. The number of para-hydroxylation sites is 1. The van der Waals surface area contributed by atoms with Gasteiger partial charge in [-0.3, -0.25) is 0 Å². The zero-order valence-electron chi connectivity index (χ0n) is 12.2. The summed E-state index contributed by atoms with van der Waals surface area (Å²) in [6.07, 6.45) is 6.42. The fourth-order valence-electron chi connectivity index (χ4n) is 3.39. The maximum absolute atomic E-state index is 5.45. The van der Waals surface area contributed by atoms with Gasteiger partial charge in [0.05, 0.1) is 12.6 Å². The van der Waals surface area contributed by atoms with E-state index in [0.717, 1.165) is 27.8 Å². The van der Waals surface area contributed by atoms with Gasteiger partial charge in [0.15, 0.2) is 0 Å². The molecule has 2 heterocycles. The molecule has 0 amide bonds. The number of aromatic amines is 1. The molecule has 1 aromatic carbocycles. The minimum absolute atomic E-state index is 0.551. The van der Waals surface area contributed by atoms with Gasteiger partial charge in [0.2, 0.25) is 5.88 Å². The van der Waals surface area contributed by atoms with Crippen LogP contribution in [0.25, 0.3) is 21.9 Å². The Morgan fingerprint density at radius 2 is 1.90 bits per heavy atom. The van der Waals surface area contributed by atoms with Crippen molar-refractivity contribution in [3.05, 3.63) is 30.1 Å². The molecule has 1 fully saturated rings. The first kappa shape index (κ1) is 12.6. The molecule has 0 bridgehead atoms. The predicted molar refractivity (Wildman–Crippen MR) is 83.8 cm³/mol. The summed E-state index contributed by atoms with van der Waals surface area (Å²) in [4.78, 5) is 13.0. The van der Waals surface area contributed by atoms with Crippen LogP contribution in [0.5, 0.6) is 5.88 Å². The zero-order valence-corrected chi connectivity index (χ0v) is 12.2. The number of hydrogen-bond acceptors (Lipinski definition) is 3. The lowest BCUT2D eigenvalue weighted by molar-refractivity contribution is 0.403. The van der Waals surface area contributed by atoms with E-state index >= 15 is 0 Å². The SMILES string of the molecule is COc1nc2ccccc2c2nc(C3CCCCC3)[nH]c12. The summed E-state index contributed by atoms with van der Waals surface area (Å²) in [5.74, 6) is 2.29. The first-order valence-corrected chi connectivity index (χ1v) is 7.69. The monoisotopic (exact) mass is 281 g/mol. The van der Waals surface area contributed by atoms with Crippen LogP contribution in [0.3, 0.4) is 0 Å². The minimum Gasteiger partial charge on any atom is -0.479 e. The fourth-order valence-corrected chi connectivity index (χ4v) is 3.39. The Morgan fingerprint density at radius 1 is 1.10 bits per heavy atom. The van der Waals surface area contributed by atoms with E-state index in [4.69, 9.17) is 9.72 Å². The highest BCUT2D eigenvalue weighted by molar-refractivity contribution is 6.04. The lowest BCUT2D eigenvalue weighted by Crippen LogP contribution is -2.05. The Hall–Kier alpha value is -2.10. The summed E-state index contributed by atoms with van der Waals surface area (Å²) in [7, 11) is 1.66. The number of H-pyrrole nitrogens is 1. The van der Waals surface area contributed by atoms with Gasteiger partial charge in [0, 0.05) is 11.3 Å². The van der Waals surface area contributed by atoms with Crippen molar-refractivity contribution in [1.29, 1.82) is 0 Å². The molecule has 0 aliphatic heterocycles. The van der Waals surface area contributed by atoms with Crippen molar-refractivity contribution in [3.63, 3.8) is 0 Å². The first-order chi connectivity index (χ1) is 10.4. The highest BCUT2D eigenvalue weighted by Gasteiger charge is 2.21. The number of rotatable bonds is 2. The van der Waals surface area contributed by atoms with E-state index in [1.165, 1.54) is 32.1 Å². The van der Waals surface area contributed by atoms with Crippen LogP contribution in [0, 0.1) is 0 Å². The molecule has 3 aromatic rings. The van der Waals surface area contributed by atoms with Crippen LogP contribution < -0.4 is 4.74 Å². The van der Waals surface area contributed by atoms with E-state index in [-0.39, 0.29) is 0 Å². The Bertz CT molecular complexity index is 787. The number of fused-ring (bicyclic) bond motifs is 3. The highest BCUT2D eigenvalue weighted by Crippen LogP contribution is 2.35. The number of methoxy groups -OCH3 is 1. The van der Waals surface area contributed by atoms with Crippen LogP contribution in [-0.4, -0.2) is 22.1 Å². The van der Waals surface area contributed by atoms with E-state index < -0.39 is 0 Å². The Balaban J connectivity index is 1.94. The molecular weight excluding hydrogens is 262 g/mol. The van der Waals surface area contributed by atoms with E-state index in [0.29, 0.717) is 11.8 Å². The zero-order chi connectivity index (χ0) is 14.2. The Morgan fingerprint density at radius 3 is 2.71 bits per heavy atom. The van der Waals surface area contributed by atoms with Crippen molar-refractivity contribution in [3.8, 4) is 5.88 Å². The van der Waals surface area contributed by atoms with Gasteiger partial charge in [0.25, 0.3) is 0 Å². The average Bonchev–Trinajstić information content (AvgIpc) is 3.00. The number of pyridine rings is 1. The number of ether oxygens (including phenoxy) is 1. The Labute approximate surface area is 123 Å². The van der Waals surface area contributed by atoms with E-state index in [9.17, 15) is 0 Å². The van der Waals surface area contributed by atoms with Gasteiger partial charge in [-0.25, -0.2) is 9.97 Å². The number of nitrogens with zero attached hydrogens (tertiary/aromatic N) is 2. The summed E-state index contributed by atoms with van der Waals surface area (Å²) in [6.45, 7) is 0. The maximum atomic E-state index is 5.45. The molecule has 108 valence electrons. The summed E-state index contributed by atoms with van der Waals surface area (Å²) in [5.41, 5.74) is 2.85. The number of aromatic nitrogens is 3. The van der Waals surface area contributed by atoms with Gasteiger partial charge in [-0.05, 0) is 18.9 Å². The quantitative estimate of drug-likeness (QED) is 0.767. The molecular formula is C17H19N3O. The topological polar surface area (TPSA) is 50.8 Å². The van der Waals surface area contributed by atoms with Crippen molar-refractivity contribution >= 4 is 21.9 Å². The second-order valence-electron chi connectivity index (χ2n) is 5.82. The number of imidazole rings is 1. The average molecular weight is 281 g/mol. The molecule has 1 saturated carbocycles.